The van der Waals surface area contributed by atoms with Crippen molar-refractivity contribution in [3.8, 4) is 0 Å². The maximum atomic E-state index is 14.1. The summed E-state index contributed by atoms with van der Waals surface area (Å²) < 4.78 is 20.4. The second-order valence-electron chi connectivity index (χ2n) is 7.53. The molecular formula is C22H20ClFN2O2. The molecule has 1 N–H and O–H groups in total. The Balaban J connectivity index is 1.42. The van der Waals surface area contributed by atoms with Crippen LogP contribution in [0.25, 0.3) is 10.9 Å². The monoisotopic (exact) mass is 398 g/mol. The quantitative estimate of drug-likeness (QED) is 0.647. The molecule has 3 aromatic rings. The van der Waals surface area contributed by atoms with Crippen LogP contribution in [0.1, 0.15) is 34.5 Å². The number of amides is 1. The van der Waals surface area contributed by atoms with Gasteiger partial charge in [0.2, 0.25) is 0 Å². The van der Waals surface area contributed by atoms with Gasteiger partial charge in [0, 0.05) is 29.0 Å². The predicted molar refractivity (Wildman–Crippen MR) is 106 cm³/mol. The maximum absolute atomic E-state index is 14.1. The first-order chi connectivity index (χ1) is 13.6. The van der Waals surface area contributed by atoms with Crippen molar-refractivity contribution in [1.29, 1.82) is 0 Å². The van der Waals surface area contributed by atoms with Gasteiger partial charge in [0.05, 0.1) is 17.9 Å². The molecule has 4 nitrogen and oxygen atoms in total. The topological polar surface area (TPSA) is 45.3 Å². The van der Waals surface area contributed by atoms with E-state index < -0.39 is 11.4 Å². The Labute approximate surface area is 167 Å². The number of halogens is 2. The number of likely N-dealkylation sites (tertiary alicyclic amines) is 1. The Morgan fingerprint density at radius 1 is 1.18 bits per heavy atom. The van der Waals surface area contributed by atoms with Gasteiger partial charge < -0.3 is 14.6 Å². The molecule has 0 bridgehead atoms. The Morgan fingerprint density at radius 2 is 1.96 bits per heavy atom. The summed E-state index contributed by atoms with van der Waals surface area (Å²) in [5.41, 5.74) is 3.20. The number of para-hydroxylation sites is 1. The first-order valence-corrected chi connectivity index (χ1v) is 9.93. The largest absolute Gasteiger partial charge is 0.368 e. The lowest BCUT2D eigenvalue weighted by molar-refractivity contribution is -0.0957. The molecule has 28 heavy (non-hydrogen) atoms. The lowest BCUT2D eigenvalue weighted by Crippen LogP contribution is -2.48. The first-order valence-electron chi connectivity index (χ1n) is 9.56. The van der Waals surface area contributed by atoms with E-state index in [0.717, 1.165) is 17.6 Å². The Bertz CT molecular complexity index is 1070. The molecule has 1 spiro atoms. The molecule has 2 aliphatic rings. The van der Waals surface area contributed by atoms with Crippen molar-refractivity contribution in [2.24, 2.45) is 0 Å². The summed E-state index contributed by atoms with van der Waals surface area (Å²) in [6.07, 6.45) is 2.25. The Hall–Kier alpha value is -2.37. The standard InChI is InChI=1S/C22H20ClFN2O2/c23-14-5-6-18(24)17(13-14)21(27)26-10-8-22(9-11-26)20-16(7-12-28-22)15-3-1-2-4-19(15)25-20/h1-6,13,25H,7-12H2. The Morgan fingerprint density at radius 3 is 2.79 bits per heavy atom. The number of H-pyrrole nitrogens is 1. The third kappa shape index (κ3) is 2.73. The number of piperidine rings is 1. The van der Waals surface area contributed by atoms with Crippen LogP contribution in [-0.2, 0) is 16.8 Å². The molecule has 0 aliphatic carbocycles. The number of ether oxygens (including phenoxy) is 1. The van der Waals surface area contributed by atoms with E-state index in [-0.39, 0.29) is 11.5 Å². The van der Waals surface area contributed by atoms with Crippen LogP contribution in [0.2, 0.25) is 5.02 Å². The minimum Gasteiger partial charge on any atom is -0.368 e. The molecule has 6 heteroatoms. The van der Waals surface area contributed by atoms with Gasteiger partial charge in [0.1, 0.15) is 11.4 Å². The molecule has 5 rings (SSSR count). The molecule has 2 aromatic carbocycles. The van der Waals surface area contributed by atoms with E-state index in [0.29, 0.717) is 37.6 Å². The molecule has 0 atom stereocenters. The normalized spacial score (nSPS) is 18.4. The molecule has 3 heterocycles. The maximum Gasteiger partial charge on any atom is 0.256 e. The van der Waals surface area contributed by atoms with Crippen molar-refractivity contribution in [1.82, 2.24) is 9.88 Å². The second kappa shape index (κ2) is 6.61. The fraction of sp³-hybridized carbons (Fsp3) is 0.318. The molecule has 1 amide bonds. The number of carbonyl (C=O) groups excluding carboxylic acids is 1. The molecule has 1 fully saturated rings. The van der Waals surface area contributed by atoms with Gasteiger partial charge in [-0.3, -0.25) is 4.79 Å². The number of hydrogen-bond donors (Lipinski definition) is 1. The number of nitrogens with zero attached hydrogens (tertiary/aromatic N) is 1. The van der Waals surface area contributed by atoms with Crippen LogP contribution in [0.3, 0.4) is 0 Å². The number of carbonyl (C=O) groups is 1. The van der Waals surface area contributed by atoms with Crippen molar-refractivity contribution in [2.75, 3.05) is 19.7 Å². The highest BCUT2D eigenvalue weighted by Crippen LogP contribution is 2.43. The van der Waals surface area contributed by atoms with Crippen LogP contribution >= 0.6 is 11.6 Å². The average molecular weight is 399 g/mol. The first kappa shape index (κ1) is 17.7. The number of aromatic amines is 1. The van der Waals surface area contributed by atoms with E-state index >= 15 is 0 Å². The van der Waals surface area contributed by atoms with Gasteiger partial charge in [0.25, 0.3) is 5.91 Å². The zero-order chi connectivity index (χ0) is 19.3. The van der Waals surface area contributed by atoms with E-state index in [4.69, 9.17) is 16.3 Å². The highest BCUT2D eigenvalue weighted by Gasteiger charge is 2.43. The fourth-order valence-electron chi connectivity index (χ4n) is 4.57. The summed E-state index contributed by atoms with van der Waals surface area (Å²) >= 11 is 5.95. The summed E-state index contributed by atoms with van der Waals surface area (Å²) in [5.74, 6) is -0.857. The summed E-state index contributed by atoms with van der Waals surface area (Å²) in [5, 5.41) is 1.61. The summed E-state index contributed by atoms with van der Waals surface area (Å²) in [4.78, 5) is 18.1. The zero-order valence-corrected chi connectivity index (χ0v) is 16.1. The van der Waals surface area contributed by atoms with Crippen molar-refractivity contribution < 1.29 is 13.9 Å². The van der Waals surface area contributed by atoms with Gasteiger partial charge in [-0.1, -0.05) is 29.8 Å². The molecule has 1 saturated heterocycles. The number of rotatable bonds is 1. The molecule has 1 aromatic heterocycles. The van der Waals surface area contributed by atoms with Crippen LogP contribution < -0.4 is 0 Å². The fourth-order valence-corrected chi connectivity index (χ4v) is 4.74. The van der Waals surface area contributed by atoms with Gasteiger partial charge in [-0.15, -0.1) is 0 Å². The predicted octanol–water partition coefficient (Wildman–Crippen LogP) is 4.66. The van der Waals surface area contributed by atoms with Crippen molar-refractivity contribution in [3.05, 3.63) is 70.1 Å². The lowest BCUT2D eigenvalue weighted by atomic mass is 9.83. The van der Waals surface area contributed by atoms with Crippen molar-refractivity contribution in [3.63, 3.8) is 0 Å². The number of fused-ring (bicyclic) bond motifs is 4. The summed E-state index contributed by atoms with van der Waals surface area (Å²) in [6.45, 7) is 1.70. The molecule has 144 valence electrons. The smallest absolute Gasteiger partial charge is 0.256 e. The molecule has 0 radical (unpaired) electrons. The minimum absolute atomic E-state index is 0.0271. The van der Waals surface area contributed by atoms with Gasteiger partial charge in [-0.2, -0.15) is 0 Å². The highest BCUT2D eigenvalue weighted by molar-refractivity contribution is 6.31. The summed E-state index contributed by atoms with van der Waals surface area (Å²) in [7, 11) is 0. The molecule has 0 saturated carbocycles. The number of aromatic nitrogens is 1. The Kier molecular flexibility index (Phi) is 4.18. The van der Waals surface area contributed by atoms with Crippen LogP contribution in [-0.4, -0.2) is 35.5 Å². The van der Waals surface area contributed by atoms with Crippen molar-refractivity contribution in [2.45, 2.75) is 24.9 Å². The van der Waals surface area contributed by atoms with E-state index in [1.54, 1.807) is 4.90 Å². The molecular weight excluding hydrogens is 379 g/mol. The number of nitrogens with one attached hydrogen (secondary N) is 1. The number of benzene rings is 2. The molecule has 0 unspecified atom stereocenters. The third-order valence-corrected chi connectivity index (χ3v) is 6.25. The van der Waals surface area contributed by atoms with E-state index in [1.165, 1.54) is 29.1 Å². The lowest BCUT2D eigenvalue weighted by Gasteiger charge is -2.43. The van der Waals surface area contributed by atoms with Crippen LogP contribution in [0, 0.1) is 5.82 Å². The second-order valence-corrected chi connectivity index (χ2v) is 7.97. The molecule has 2 aliphatic heterocycles. The van der Waals surface area contributed by atoms with Crippen LogP contribution in [0.4, 0.5) is 4.39 Å². The third-order valence-electron chi connectivity index (χ3n) is 6.02. The van der Waals surface area contributed by atoms with E-state index in [9.17, 15) is 9.18 Å². The SMILES string of the molecule is O=C(c1cc(Cl)ccc1F)N1CCC2(CC1)OCCc1c2[nH]c2ccccc12. The zero-order valence-electron chi connectivity index (χ0n) is 15.3. The van der Waals surface area contributed by atoms with E-state index in [1.807, 2.05) is 6.07 Å². The van der Waals surface area contributed by atoms with Gasteiger partial charge in [-0.25, -0.2) is 4.39 Å². The van der Waals surface area contributed by atoms with Gasteiger partial charge >= 0.3 is 0 Å². The highest BCUT2D eigenvalue weighted by atomic mass is 35.5. The average Bonchev–Trinajstić information content (AvgIpc) is 3.11. The van der Waals surface area contributed by atoms with Crippen LogP contribution in [0.15, 0.2) is 42.5 Å². The van der Waals surface area contributed by atoms with Crippen LogP contribution in [0.5, 0.6) is 0 Å². The van der Waals surface area contributed by atoms with E-state index in [2.05, 4.69) is 23.2 Å². The van der Waals surface area contributed by atoms with Gasteiger partial charge in [0.15, 0.2) is 0 Å². The van der Waals surface area contributed by atoms with Gasteiger partial charge in [-0.05, 0) is 49.1 Å². The summed E-state index contributed by atoms with van der Waals surface area (Å²) in [6, 6.07) is 12.4. The minimum atomic E-state index is -0.540. The number of hydrogen-bond acceptors (Lipinski definition) is 2. The van der Waals surface area contributed by atoms with Crippen molar-refractivity contribution >= 4 is 28.4 Å².